The van der Waals surface area contributed by atoms with Crippen molar-refractivity contribution in [2.24, 2.45) is 0 Å². The van der Waals surface area contributed by atoms with Crippen molar-refractivity contribution in [2.45, 2.75) is 19.8 Å². The van der Waals surface area contributed by atoms with Crippen molar-refractivity contribution in [2.75, 3.05) is 0 Å². The van der Waals surface area contributed by atoms with Crippen LogP contribution in [0.15, 0.2) is 23.1 Å². The van der Waals surface area contributed by atoms with Crippen LogP contribution in [0.3, 0.4) is 0 Å². The van der Waals surface area contributed by atoms with Gasteiger partial charge in [-0.1, -0.05) is 13.3 Å². The highest BCUT2D eigenvalue weighted by molar-refractivity contribution is 5.38. The Morgan fingerprint density at radius 1 is 1.62 bits per heavy atom. The highest BCUT2D eigenvalue weighted by atomic mass is 16.1. The molecule has 0 unspecified atom stereocenters. The zero-order chi connectivity index (χ0) is 9.26. The number of aryl methyl sites for hydroxylation is 1. The van der Waals surface area contributed by atoms with Crippen LogP contribution in [-0.4, -0.2) is 14.6 Å². The van der Waals surface area contributed by atoms with Crippen LogP contribution in [0.1, 0.15) is 19.0 Å². The minimum absolute atomic E-state index is 0.0875. The largest absolute Gasteiger partial charge is 0.307 e. The first-order chi connectivity index (χ1) is 6.29. The molecule has 0 saturated heterocycles. The minimum Gasteiger partial charge on any atom is -0.307 e. The SMILES string of the molecule is CCCc1cc2[nH]c(=O)ccn2n1. The molecule has 4 nitrogen and oxygen atoms in total. The third kappa shape index (κ3) is 1.47. The smallest absolute Gasteiger partial charge is 0.251 e. The molecule has 2 heterocycles. The van der Waals surface area contributed by atoms with Gasteiger partial charge in [-0.3, -0.25) is 4.79 Å². The highest BCUT2D eigenvalue weighted by Gasteiger charge is 1.99. The van der Waals surface area contributed by atoms with E-state index in [1.165, 1.54) is 6.07 Å². The second-order valence-electron chi connectivity index (χ2n) is 3.02. The van der Waals surface area contributed by atoms with Gasteiger partial charge in [0, 0.05) is 18.3 Å². The average molecular weight is 177 g/mol. The summed E-state index contributed by atoms with van der Waals surface area (Å²) in [4.78, 5) is 13.7. The van der Waals surface area contributed by atoms with Gasteiger partial charge in [0.2, 0.25) is 0 Å². The van der Waals surface area contributed by atoms with Gasteiger partial charge in [0.1, 0.15) is 5.65 Å². The van der Waals surface area contributed by atoms with Crippen LogP contribution in [0.5, 0.6) is 0 Å². The van der Waals surface area contributed by atoms with Gasteiger partial charge in [0.05, 0.1) is 5.69 Å². The second kappa shape index (κ2) is 3.05. The number of fused-ring (bicyclic) bond motifs is 1. The summed E-state index contributed by atoms with van der Waals surface area (Å²) in [6, 6.07) is 3.38. The Hall–Kier alpha value is -1.58. The van der Waals surface area contributed by atoms with E-state index >= 15 is 0 Å². The molecular formula is C9H11N3O. The molecule has 4 heteroatoms. The fourth-order valence-corrected chi connectivity index (χ4v) is 1.34. The predicted octanol–water partition coefficient (Wildman–Crippen LogP) is 0.975. The van der Waals surface area contributed by atoms with Crippen LogP contribution < -0.4 is 5.56 Å². The number of nitrogens with zero attached hydrogens (tertiary/aromatic N) is 2. The van der Waals surface area contributed by atoms with Crippen molar-refractivity contribution in [3.8, 4) is 0 Å². The summed E-state index contributed by atoms with van der Waals surface area (Å²) < 4.78 is 1.69. The fourth-order valence-electron chi connectivity index (χ4n) is 1.34. The van der Waals surface area contributed by atoms with Crippen molar-refractivity contribution in [3.63, 3.8) is 0 Å². The van der Waals surface area contributed by atoms with Crippen LogP contribution in [-0.2, 0) is 6.42 Å². The zero-order valence-electron chi connectivity index (χ0n) is 7.45. The Bertz CT molecular complexity index is 469. The molecule has 13 heavy (non-hydrogen) atoms. The van der Waals surface area contributed by atoms with Gasteiger partial charge >= 0.3 is 0 Å². The van der Waals surface area contributed by atoms with Crippen LogP contribution in [0, 0.1) is 0 Å². The van der Waals surface area contributed by atoms with Gasteiger partial charge in [0.15, 0.2) is 0 Å². The van der Waals surface area contributed by atoms with E-state index in [4.69, 9.17) is 0 Å². The van der Waals surface area contributed by atoms with Crippen molar-refractivity contribution in [1.29, 1.82) is 0 Å². The molecule has 0 fully saturated rings. The maximum absolute atomic E-state index is 11.0. The number of aromatic nitrogens is 3. The summed E-state index contributed by atoms with van der Waals surface area (Å²) in [5, 5.41) is 4.29. The molecule has 1 N–H and O–H groups in total. The molecule has 2 aromatic rings. The van der Waals surface area contributed by atoms with Crippen LogP contribution in [0.2, 0.25) is 0 Å². The molecule has 0 aromatic carbocycles. The average Bonchev–Trinajstić information content (AvgIpc) is 2.46. The van der Waals surface area contributed by atoms with E-state index in [1.54, 1.807) is 10.7 Å². The molecule has 0 aliphatic rings. The lowest BCUT2D eigenvalue weighted by molar-refractivity contribution is 0.831. The third-order valence-corrected chi connectivity index (χ3v) is 1.91. The molecule has 0 spiro atoms. The van der Waals surface area contributed by atoms with E-state index in [0.29, 0.717) is 0 Å². The topological polar surface area (TPSA) is 50.2 Å². The van der Waals surface area contributed by atoms with Gasteiger partial charge in [-0.15, -0.1) is 0 Å². The summed E-state index contributed by atoms with van der Waals surface area (Å²) >= 11 is 0. The fraction of sp³-hybridized carbons (Fsp3) is 0.333. The van der Waals surface area contributed by atoms with E-state index in [9.17, 15) is 4.79 Å². The van der Waals surface area contributed by atoms with Gasteiger partial charge in [-0.05, 0) is 6.42 Å². The van der Waals surface area contributed by atoms with Crippen molar-refractivity contribution < 1.29 is 0 Å². The molecule has 0 bridgehead atoms. The lowest BCUT2D eigenvalue weighted by Crippen LogP contribution is -2.05. The molecule has 0 aliphatic heterocycles. The maximum atomic E-state index is 11.0. The molecule has 0 atom stereocenters. The molecule has 2 aromatic heterocycles. The molecular weight excluding hydrogens is 166 g/mol. The molecule has 2 rings (SSSR count). The lowest BCUT2D eigenvalue weighted by Gasteiger charge is -1.88. The molecule has 0 amide bonds. The van der Waals surface area contributed by atoms with E-state index in [-0.39, 0.29) is 5.56 Å². The van der Waals surface area contributed by atoms with Gasteiger partial charge in [-0.2, -0.15) is 5.10 Å². The van der Waals surface area contributed by atoms with E-state index in [2.05, 4.69) is 17.0 Å². The maximum Gasteiger partial charge on any atom is 0.251 e. The Kier molecular flexibility index (Phi) is 1.88. The second-order valence-corrected chi connectivity index (χ2v) is 3.02. The molecule has 0 saturated carbocycles. The third-order valence-electron chi connectivity index (χ3n) is 1.91. The lowest BCUT2D eigenvalue weighted by atomic mass is 10.2. The number of aromatic amines is 1. The predicted molar refractivity (Wildman–Crippen MR) is 49.8 cm³/mol. The highest BCUT2D eigenvalue weighted by Crippen LogP contribution is 2.03. The van der Waals surface area contributed by atoms with E-state index < -0.39 is 0 Å². The number of hydrogen-bond donors (Lipinski definition) is 1. The Balaban J connectivity index is 2.55. The van der Waals surface area contributed by atoms with E-state index in [0.717, 1.165) is 24.2 Å². The molecule has 68 valence electrons. The normalized spacial score (nSPS) is 10.8. The summed E-state index contributed by atoms with van der Waals surface area (Å²) in [6.07, 6.45) is 3.69. The Morgan fingerprint density at radius 2 is 2.46 bits per heavy atom. The van der Waals surface area contributed by atoms with Crippen molar-refractivity contribution >= 4 is 5.65 Å². The number of nitrogens with one attached hydrogen (secondary N) is 1. The van der Waals surface area contributed by atoms with E-state index in [1.807, 2.05) is 6.07 Å². The first-order valence-corrected chi connectivity index (χ1v) is 4.37. The molecule has 0 radical (unpaired) electrons. The minimum atomic E-state index is -0.0875. The van der Waals surface area contributed by atoms with Crippen molar-refractivity contribution in [1.82, 2.24) is 14.6 Å². The molecule has 0 aliphatic carbocycles. The Morgan fingerprint density at radius 3 is 3.23 bits per heavy atom. The first kappa shape index (κ1) is 8.04. The summed E-state index contributed by atoms with van der Waals surface area (Å²) in [5.41, 5.74) is 1.69. The number of hydrogen-bond acceptors (Lipinski definition) is 2. The zero-order valence-corrected chi connectivity index (χ0v) is 7.45. The van der Waals surface area contributed by atoms with Gasteiger partial charge in [-0.25, -0.2) is 4.52 Å². The van der Waals surface area contributed by atoms with Crippen LogP contribution in [0.4, 0.5) is 0 Å². The van der Waals surface area contributed by atoms with Gasteiger partial charge in [0.25, 0.3) is 5.56 Å². The Labute approximate surface area is 75.2 Å². The van der Waals surface area contributed by atoms with Crippen molar-refractivity contribution in [3.05, 3.63) is 34.4 Å². The van der Waals surface area contributed by atoms with Crippen LogP contribution >= 0.6 is 0 Å². The van der Waals surface area contributed by atoms with Gasteiger partial charge < -0.3 is 4.98 Å². The quantitative estimate of drug-likeness (QED) is 0.743. The number of rotatable bonds is 2. The first-order valence-electron chi connectivity index (χ1n) is 4.37. The summed E-state index contributed by atoms with van der Waals surface area (Å²) in [5.74, 6) is 0. The summed E-state index contributed by atoms with van der Waals surface area (Å²) in [7, 11) is 0. The monoisotopic (exact) mass is 177 g/mol. The summed E-state index contributed by atoms with van der Waals surface area (Å²) in [6.45, 7) is 2.10. The van der Waals surface area contributed by atoms with Crippen LogP contribution in [0.25, 0.3) is 5.65 Å². The number of H-pyrrole nitrogens is 1. The standard InChI is InChI=1S/C9H11N3O/c1-2-3-7-6-8-10-9(13)4-5-12(8)11-7/h4-6H,2-3H2,1H3,(H,10,13).